The van der Waals surface area contributed by atoms with Gasteiger partial charge in [0.15, 0.2) is 23.3 Å². The van der Waals surface area contributed by atoms with Crippen LogP contribution in [0.4, 0.5) is 17.6 Å². The lowest BCUT2D eigenvalue weighted by molar-refractivity contribution is 0.291. The third-order valence-corrected chi connectivity index (χ3v) is 5.74. The van der Waals surface area contributed by atoms with Crippen molar-refractivity contribution in [3.05, 3.63) is 64.7 Å². The van der Waals surface area contributed by atoms with Crippen LogP contribution in [0.25, 0.3) is 0 Å². The van der Waals surface area contributed by atoms with E-state index in [0.29, 0.717) is 17.7 Å². The Hall–Kier alpha value is -2.04. The summed E-state index contributed by atoms with van der Waals surface area (Å²) in [5.41, 5.74) is 0.900. The van der Waals surface area contributed by atoms with E-state index in [9.17, 15) is 17.6 Å². The minimum Gasteiger partial charge on any atom is -0.489 e. The highest BCUT2D eigenvalue weighted by molar-refractivity contribution is 5.30. The van der Waals surface area contributed by atoms with Gasteiger partial charge in [0.1, 0.15) is 12.4 Å². The first-order valence-electron chi connectivity index (χ1n) is 10.0. The number of hydrogen-bond acceptors (Lipinski definition) is 1. The minimum atomic E-state index is -1.82. The lowest BCUT2D eigenvalue weighted by Gasteiger charge is -2.28. The molecule has 28 heavy (non-hydrogen) atoms. The second-order valence-corrected chi connectivity index (χ2v) is 7.68. The zero-order valence-corrected chi connectivity index (χ0v) is 16.1. The fourth-order valence-electron chi connectivity index (χ4n) is 4.00. The molecule has 0 saturated heterocycles. The Balaban J connectivity index is 1.56. The van der Waals surface area contributed by atoms with Crippen molar-refractivity contribution in [1.82, 2.24) is 0 Å². The summed E-state index contributed by atoms with van der Waals surface area (Å²) in [7, 11) is 0. The van der Waals surface area contributed by atoms with Gasteiger partial charge in [0.2, 0.25) is 0 Å². The predicted molar refractivity (Wildman–Crippen MR) is 101 cm³/mol. The standard InChI is InChI=1S/C23H26F4O/c1-2-3-4-15-5-7-16(8-6-15)17-9-11-19(12-10-17)28-14-18-13-20(24)22(26)23(27)21(18)25/h9-13,15-16H,2-8,14H2,1H3. The van der Waals surface area contributed by atoms with Crippen molar-refractivity contribution in [2.45, 2.75) is 64.4 Å². The number of halogens is 4. The van der Waals surface area contributed by atoms with Gasteiger partial charge in [0, 0.05) is 5.56 Å². The molecule has 1 fully saturated rings. The third kappa shape index (κ3) is 4.86. The summed E-state index contributed by atoms with van der Waals surface area (Å²) in [6.45, 7) is 1.86. The smallest absolute Gasteiger partial charge is 0.197 e. The Morgan fingerprint density at radius 1 is 0.893 bits per heavy atom. The first-order valence-corrected chi connectivity index (χ1v) is 10.0. The molecule has 2 aromatic rings. The van der Waals surface area contributed by atoms with Crippen LogP contribution in [-0.2, 0) is 6.61 Å². The second kappa shape index (κ2) is 9.44. The van der Waals surface area contributed by atoms with Crippen LogP contribution in [0.5, 0.6) is 5.75 Å². The lowest BCUT2D eigenvalue weighted by Crippen LogP contribution is -2.13. The largest absolute Gasteiger partial charge is 0.489 e. The summed E-state index contributed by atoms with van der Waals surface area (Å²) in [5, 5.41) is 0. The van der Waals surface area contributed by atoms with E-state index in [1.807, 2.05) is 12.1 Å². The molecule has 5 heteroatoms. The highest BCUT2D eigenvalue weighted by Gasteiger charge is 2.22. The van der Waals surface area contributed by atoms with Gasteiger partial charge in [-0.3, -0.25) is 0 Å². The molecule has 0 aromatic heterocycles. The SMILES string of the molecule is CCCCC1CCC(c2ccc(OCc3cc(F)c(F)c(F)c3F)cc2)CC1. The Morgan fingerprint density at radius 2 is 1.57 bits per heavy atom. The van der Waals surface area contributed by atoms with Crippen LogP contribution in [0.1, 0.15) is 68.9 Å². The number of unbranched alkanes of at least 4 members (excludes halogenated alkanes) is 1. The van der Waals surface area contributed by atoms with E-state index < -0.39 is 23.3 Å². The van der Waals surface area contributed by atoms with E-state index in [4.69, 9.17) is 4.74 Å². The van der Waals surface area contributed by atoms with Gasteiger partial charge in [-0.25, -0.2) is 17.6 Å². The first kappa shape index (κ1) is 20.7. The number of rotatable bonds is 7. The molecule has 0 spiro atoms. The fourth-order valence-corrected chi connectivity index (χ4v) is 4.00. The number of benzene rings is 2. The average molecular weight is 394 g/mol. The molecular weight excluding hydrogens is 368 g/mol. The molecule has 0 aliphatic heterocycles. The molecule has 1 saturated carbocycles. The van der Waals surface area contributed by atoms with Gasteiger partial charge in [-0.15, -0.1) is 0 Å². The Bertz CT molecular complexity index is 780. The molecular formula is C23H26F4O. The Kier molecular flexibility index (Phi) is 6.97. The van der Waals surface area contributed by atoms with Gasteiger partial charge in [-0.1, -0.05) is 38.3 Å². The van der Waals surface area contributed by atoms with Gasteiger partial charge in [0.25, 0.3) is 0 Å². The summed E-state index contributed by atoms with van der Waals surface area (Å²) in [6, 6.07) is 8.18. The van der Waals surface area contributed by atoms with Gasteiger partial charge >= 0.3 is 0 Å². The first-order chi connectivity index (χ1) is 13.5. The topological polar surface area (TPSA) is 9.23 Å². The third-order valence-electron chi connectivity index (χ3n) is 5.74. The highest BCUT2D eigenvalue weighted by Crippen LogP contribution is 2.38. The van der Waals surface area contributed by atoms with E-state index >= 15 is 0 Å². The molecule has 0 radical (unpaired) electrons. The van der Waals surface area contributed by atoms with E-state index in [1.54, 1.807) is 12.1 Å². The Morgan fingerprint density at radius 3 is 2.21 bits per heavy atom. The van der Waals surface area contributed by atoms with Crippen LogP contribution in [0, 0.1) is 29.2 Å². The van der Waals surface area contributed by atoms with E-state index in [-0.39, 0.29) is 12.2 Å². The summed E-state index contributed by atoms with van der Waals surface area (Å²) < 4.78 is 58.7. The predicted octanol–water partition coefficient (Wildman–Crippen LogP) is 7.29. The molecule has 0 heterocycles. The van der Waals surface area contributed by atoms with Gasteiger partial charge in [-0.2, -0.15) is 0 Å². The molecule has 1 nitrogen and oxygen atoms in total. The van der Waals surface area contributed by atoms with Crippen molar-refractivity contribution in [3.8, 4) is 5.75 Å². The lowest BCUT2D eigenvalue weighted by atomic mass is 9.77. The van der Waals surface area contributed by atoms with Gasteiger partial charge in [0.05, 0.1) is 0 Å². The van der Waals surface area contributed by atoms with E-state index in [1.165, 1.54) is 50.5 Å². The monoisotopic (exact) mass is 394 g/mol. The van der Waals surface area contributed by atoms with Crippen molar-refractivity contribution in [1.29, 1.82) is 0 Å². The molecule has 2 aromatic carbocycles. The summed E-state index contributed by atoms with van der Waals surface area (Å²) in [4.78, 5) is 0. The minimum absolute atomic E-state index is 0.356. The zero-order chi connectivity index (χ0) is 20.1. The molecule has 0 bridgehead atoms. The Labute approximate surface area is 163 Å². The number of ether oxygens (including phenoxy) is 1. The van der Waals surface area contributed by atoms with Crippen LogP contribution in [0.2, 0.25) is 0 Å². The number of hydrogen-bond donors (Lipinski definition) is 0. The van der Waals surface area contributed by atoms with Gasteiger partial charge in [-0.05, 0) is 61.3 Å². The molecule has 0 amide bonds. The molecule has 0 atom stereocenters. The van der Waals surface area contributed by atoms with Crippen molar-refractivity contribution >= 4 is 0 Å². The summed E-state index contributed by atoms with van der Waals surface area (Å²) >= 11 is 0. The molecule has 1 aliphatic carbocycles. The van der Waals surface area contributed by atoms with E-state index in [2.05, 4.69) is 6.92 Å². The quantitative estimate of drug-likeness (QED) is 0.272. The highest BCUT2D eigenvalue weighted by atomic mass is 19.2. The normalized spacial score (nSPS) is 19.6. The maximum Gasteiger partial charge on any atom is 0.197 e. The zero-order valence-electron chi connectivity index (χ0n) is 16.1. The van der Waals surface area contributed by atoms with Crippen LogP contribution in [0.15, 0.2) is 30.3 Å². The van der Waals surface area contributed by atoms with Crippen molar-refractivity contribution < 1.29 is 22.3 Å². The van der Waals surface area contributed by atoms with E-state index in [0.717, 1.165) is 5.92 Å². The average Bonchev–Trinajstić information content (AvgIpc) is 2.73. The van der Waals surface area contributed by atoms with Crippen molar-refractivity contribution in [2.24, 2.45) is 5.92 Å². The van der Waals surface area contributed by atoms with Crippen LogP contribution < -0.4 is 4.74 Å². The van der Waals surface area contributed by atoms with Crippen LogP contribution in [-0.4, -0.2) is 0 Å². The van der Waals surface area contributed by atoms with Gasteiger partial charge < -0.3 is 4.74 Å². The van der Waals surface area contributed by atoms with Crippen LogP contribution >= 0.6 is 0 Å². The fraction of sp³-hybridized carbons (Fsp3) is 0.478. The molecule has 152 valence electrons. The molecule has 0 N–H and O–H groups in total. The van der Waals surface area contributed by atoms with Crippen LogP contribution in [0.3, 0.4) is 0 Å². The molecule has 3 rings (SSSR count). The second-order valence-electron chi connectivity index (χ2n) is 7.68. The van der Waals surface area contributed by atoms with Crippen molar-refractivity contribution in [2.75, 3.05) is 0 Å². The van der Waals surface area contributed by atoms with Crippen molar-refractivity contribution in [3.63, 3.8) is 0 Å². The maximum absolute atomic E-state index is 13.7. The summed E-state index contributed by atoms with van der Waals surface area (Å²) in [5.74, 6) is -4.60. The molecule has 1 aliphatic rings. The summed E-state index contributed by atoms with van der Waals surface area (Å²) in [6.07, 6.45) is 8.80. The maximum atomic E-state index is 13.7. The molecule has 0 unspecified atom stereocenters.